The predicted molar refractivity (Wildman–Crippen MR) is 87.5 cm³/mol. The van der Waals surface area contributed by atoms with E-state index < -0.39 is 5.97 Å². The zero-order valence-electron chi connectivity index (χ0n) is 13.3. The third-order valence-corrected chi connectivity index (χ3v) is 4.01. The molecule has 0 bridgehead atoms. The lowest BCUT2D eigenvalue weighted by atomic mass is 10.2. The summed E-state index contributed by atoms with van der Waals surface area (Å²) in [5.41, 5.74) is 3.20. The minimum absolute atomic E-state index is 0.291. The molecule has 1 saturated carbocycles. The van der Waals surface area contributed by atoms with Gasteiger partial charge in [-0.3, -0.25) is 4.79 Å². The predicted octanol–water partition coefficient (Wildman–Crippen LogP) is 3.24. The first-order valence-corrected chi connectivity index (χ1v) is 7.76. The molecule has 0 unspecified atom stereocenters. The van der Waals surface area contributed by atoms with Crippen molar-refractivity contribution in [1.29, 1.82) is 0 Å². The van der Waals surface area contributed by atoms with Crippen molar-refractivity contribution in [1.82, 2.24) is 4.57 Å². The Kier molecular flexibility index (Phi) is 4.19. The Hall–Kier alpha value is -2.56. The van der Waals surface area contributed by atoms with Crippen LogP contribution in [0.15, 0.2) is 36.4 Å². The summed E-state index contributed by atoms with van der Waals surface area (Å²) in [6, 6.07) is 11.4. The molecule has 0 aliphatic heterocycles. The van der Waals surface area contributed by atoms with Crippen molar-refractivity contribution >= 4 is 17.6 Å². The molecule has 0 atom stereocenters. The summed E-state index contributed by atoms with van der Waals surface area (Å²) in [6.07, 6.45) is 2.31. The lowest BCUT2D eigenvalue weighted by Crippen LogP contribution is -2.21. The van der Waals surface area contributed by atoms with Crippen LogP contribution >= 0.6 is 0 Å². The van der Waals surface area contributed by atoms with E-state index in [9.17, 15) is 9.59 Å². The fraction of sp³-hybridized carbons (Fsp3) is 0.333. The number of nitrogens with one attached hydrogen (secondary N) is 1. The van der Waals surface area contributed by atoms with Crippen molar-refractivity contribution in [3.63, 3.8) is 0 Å². The van der Waals surface area contributed by atoms with Crippen LogP contribution in [0.5, 0.6) is 0 Å². The molecule has 0 radical (unpaired) electrons. The fourth-order valence-electron chi connectivity index (χ4n) is 2.81. The average molecular weight is 312 g/mol. The molecule has 1 fully saturated rings. The third kappa shape index (κ3) is 3.44. The highest BCUT2D eigenvalue weighted by molar-refractivity contribution is 5.96. The second kappa shape index (κ2) is 6.28. The van der Waals surface area contributed by atoms with E-state index in [4.69, 9.17) is 4.74 Å². The van der Waals surface area contributed by atoms with Gasteiger partial charge in [0.25, 0.3) is 5.91 Å². The van der Waals surface area contributed by atoms with Crippen LogP contribution in [-0.4, -0.2) is 23.1 Å². The maximum absolute atomic E-state index is 12.2. The highest BCUT2D eigenvalue weighted by Crippen LogP contribution is 2.38. The lowest BCUT2D eigenvalue weighted by molar-refractivity contribution is -0.119. The summed E-state index contributed by atoms with van der Waals surface area (Å²) in [5, 5.41) is 2.69. The summed E-state index contributed by atoms with van der Waals surface area (Å²) in [6.45, 7) is 3.62. The van der Waals surface area contributed by atoms with E-state index in [1.807, 2.05) is 38.1 Å². The van der Waals surface area contributed by atoms with Gasteiger partial charge in [0.05, 0.1) is 5.56 Å². The molecule has 1 heterocycles. The zero-order chi connectivity index (χ0) is 16.4. The van der Waals surface area contributed by atoms with Crippen LogP contribution in [0.1, 0.15) is 40.6 Å². The van der Waals surface area contributed by atoms with E-state index in [2.05, 4.69) is 9.88 Å². The van der Waals surface area contributed by atoms with Crippen molar-refractivity contribution in [3.8, 4) is 0 Å². The standard InChI is InChI=1S/C18H20N2O3/c1-12-10-16(13(2)20(12)15-8-9-15)18(22)23-11-17(21)19-14-6-4-3-5-7-14/h3-7,10,15H,8-9,11H2,1-2H3,(H,19,21). The maximum atomic E-state index is 12.2. The molecular formula is C18H20N2O3. The molecule has 0 spiro atoms. The number of para-hydroxylation sites is 1. The number of esters is 1. The Labute approximate surface area is 135 Å². The number of aryl methyl sites for hydroxylation is 1. The number of ether oxygens (including phenoxy) is 1. The highest BCUT2D eigenvalue weighted by atomic mass is 16.5. The number of carbonyl (C=O) groups is 2. The van der Waals surface area contributed by atoms with Gasteiger partial charge in [0.2, 0.25) is 0 Å². The van der Waals surface area contributed by atoms with Crippen LogP contribution in [0.4, 0.5) is 5.69 Å². The molecule has 23 heavy (non-hydrogen) atoms. The molecule has 1 aromatic heterocycles. The molecule has 1 N–H and O–H groups in total. The number of hydrogen-bond donors (Lipinski definition) is 1. The summed E-state index contributed by atoms with van der Waals surface area (Å²) in [5.74, 6) is -0.797. The van der Waals surface area contributed by atoms with Crippen LogP contribution in [0.2, 0.25) is 0 Å². The number of hydrogen-bond acceptors (Lipinski definition) is 3. The Morgan fingerprint density at radius 2 is 1.91 bits per heavy atom. The minimum Gasteiger partial charge on any atom is -0.452 e. The molecule has 2 aromatic rings. The van der Waals surface area contributed by atoms with Gasteiger partial charge in [0.1, 0.15) is 0 Å². The van der Waals surface area contributed by atoms with Gasteiger partial charge in [0.15, 0.2) is 6.61 Å². The van der Waals surface area contributed by atoms with Crippen molar-refractivity contribution in [2.45, 2.75) is 32.7 Å². The molecule has 0 saturated heterocycles. The Balaban J connectivity index is 1.59. The molecule has 120 valence electrons. The van der Waals surface area contributed by atoms with Crippen LogP contribution < -0.4 is 5.32 Å². The largest absolute Gasteiger partial charge is 0.452 e. The topological polar surface area (TPSA) is 60.3 Å². The Bertz CT molecular complexity index is 730. The molecule has 1 aromatic carbocycles. The number of rotatable bonds is 5. The Morgan fingerprint density at radius 3 is 2.57 bits per heavy atom. The van der Waals surface area contributed by atoms with Crippen LogP contribution in [0, 0.1) is 13.8 Å². The van der Waals surface area contributed by atoms with Gasteiger partial charge >= 0.3 is 5.97 Å². The number of anilines is 1. The monoisotopic (exact) mass is 312 g/mol. The van der Waals surface area contributed by atoms with E-state index in [1.54, 1.807) is 12.1 Å². The zero-order valence-corrected chi connectivity index (χ0v) is 13.3. The molecule has 3 rings (SSSR count). The molecule has 1 aliphatic carbocycles. The van der Waals surface area contributed by atoms with Gasteiger partial charge in [0, 0.05) is 23.1 Å². The minimum atomic E-state index is -0.451. The summed E-state index contributed by atoms with van der Waals surface area (Å²) >= 11 is 0. The highest BCUT2D eigenvalue weighted by Gasteiger charge is 2.28. The average Bonchev–Trinajstić information content (AvgIpc) is 3.31. The number of amides is 1. The van der Waals surface area contributed by atoms with Crippen LogP contribution in [-0.2, 0) is 9.53 Å². The van der Waals surface area contributed by atoms with E-state index >= 15 is 0 Å². The summed E-state index contributed by atoms with van der Waals surface area (Å²) < 4.78 is 7.33. The van der Waals surface area contributed by atoms with E-state index in [0.717, 1.165) is 24.2 Å². The summed E-state index contributed by atoms with van der Waals surface area (Å²) in [7, 11) is 0. The van der Waals surface area contributed by atoms with Gasteiger partial charge in [-0.1, -0.05) is 18.2 Å². The molecule has 5 heteroatoms. The number of aromatic nitrogens is 1. The van der Waals surface area contributed by atoms with E-state index in [1.165, 1.54) is 0 Å². The van der Waals surface area contributed by atoms with Crippen molar-refractivity contribution < 1.29 is 14.3 Å². The second-order valence-corrected chi connectivity index (χ2v) is 5.88. The molecule has 1 aliphatic rings. The number of carbonyl (C=O) groups excluding carboxylic acids is 2. The lowest BCUT2D eigenvalue weighted by Gasteiger charge is -2.08. The molecular weight excluding hydrogens is 292 g/mol. The first kappa shape index (κ1) is 15.3. The molecule has 1 amide bonds. The maximum Gasteiger partial charge on any atom is 0.340 e. The number of nitrogens with zero attached hydrogens (tertiary/aromatic N) is 1. The Morgan fingerprint density at radius 1 is 1.22 bits per heavy atom. The van der Waals surface area contributed by atoms with Crippen molar-refractivity contribution in [3.05, 3.63) is 53.3 Å². The first-order chi connectivity index (χ1) is 11.1. The van der Waals surface area contributed by atoms with Gasteiger partial charge in [-0.15, -0.1) is 0 Å². The SMILES string of the molecule is Cc1cc(C(=O)OCC(=O)Nc2ccccc2)c(C)n1C1CC1. The van der Waals surface area contributed by atoms with Crippen LogP contribution in [0.3, 0.4) is 0 Å². The number of benzene rings is 1. The first-order valence-electron chi connectivity index (χ1n) is 7.76. The van der Waals surface area contributed by atoms with Crippen molar-refractivity contribution in [2.75, 3.05) is 11.9 Å². The van der Waals surface area contributed by atoms with Gasteiger partial charge in [-0.25, -0.2) is 4.79 Å². The van der Waals surface area contributed by atoms with Crippen molar-refractivity contribution in [2.24, 2.45) is 0 Å². The third-order valence-electron chi connectivity index (χ3n) is 4.01. The second-order valence-electron chi connectivity index (χ2n) is 5.88. The van der Waals surface area contributed by atoms with Crippen LogP contribution in [0.25, 0.3) is 0 Å². The molecule has 5 nitrogen and oxygen atoms in total. The van der Waals surface area contributed by atoms with E-state index in [0.29, 0.717) is 17.3 Å². The van der Waals surface area contributed by atoms with Gasteiger partial charge < -0.3 is 14.6 Å². The quantitative estimate of drug-likeness (QED) is 0.862. The van der Waals surface area contributed by atoms with E-state index in [-0.39, 0.29) is 12.5 Å². The smallest absolute Gasteiger partial charge is 0.340 e. The summed E-state index contributed by atoms with van der Waals surface area (Å²) in [4.78, 5) is 24.0. The van der Waals surface area contributed by atoms with Gasteiger partial charge in [-0.2, -0.15) is 0 Å². The van der Waals surface area contributed by atoms with Gasteiger partial charge in [-0.05, 0) is 44.9 Å². The fourth-order valence-corrected chi connectivity index (χ4v) is 2.81. The normalized spacial score (nSPS) is 13.7.